The van der Waals surface area contributed by atoms with Gasteiger partial charge in [-0.3, -0.25) is 4.57 Å². The Hall–Kier alpha value is -1.73. The van der Waals surface area contributed by atoms with Gasteiger partial charge in [0.1, 0.15) is 17.5 Å². The molecule has 0 unspecified atom stereocenters. The number of aromatic nitrogens is 3. The lowest BCUT2D eigenvalue weighted by Crippen LogP contribution is -2.41. The second kappa shape index (κ2) is 4.89. The smallest absolute Gasteiger partial charge is 0.399 e. The molecule has 0 atom stereocenters. The predicted molar refractivity (Wildman–Crippen MR) is 81.8 cm³/mol. The number of pyridine rings is 1. The minimum atomic E-state index is -0.754. The molecule has 0 aliphatic carbocycles. The molecule has 3 rings (SSSR count). The van der Waals surface area contributed by atoms with Crippen molar-refractivity contribution in [3.05, 3.63) is 36.3 Å². The largest absolute Gasteiger partial charge is 0.499 e. The Labute approximate surface area is 129 Å². The lowest BCUT2D eigenvalue weighted by atomic mass is 9.80. The summed E-state index contributed by atoms with van der Waals surface area (Å²) in [4.78, 5) is 8.42. The number of nitrogens with zero attached hydrogens (tertiary/aromatic N) is 3. The van der Waals surface area contributed by atoms with E-state index in [4.69, 9.17) is 9.31 Å². The Bertz CT molecular complexity index is 699. The van der Waals surface area contributed by atoms with Crippen LogP contribution in [0.2, 0.25) is 0 Å². The van der Waals surface area contributed by atoms with E-state index < -0.39 is 24.1 Å². The highest BCUT2D eigenvalue weighted by Crippen LogP contribution is 2.36. The van der Waals surface area contributed by atoms with E-state index in [9.17, 15) is 4.39 Å². The van der Waals surface area contributed by atoms with Crippen LogP contribution in [0.1, 0.15) is 33.5 Å². The van der Waals surface area contributed by atoms with E-state index in [-0.39, 0.29) is 0 Å². The fraction of sp³-hybridized carbons (Fsp3) is 0.467. The van der Waals surface area contributed by atoms with Gasteiger partial charge in [0.15, 0.2) is 0 Å². The van der Waals surface area contributed by atoms with Crippen LogP contribution in [-0.4, -0.2) is 32.9 Å². The summed E-state index contributed by atoms with van der Waals surface area (Å²) in [5.74, 6) is 0.819. The van der Waals surface area contributed by atoms with Crippen molar-refractivity contribution in [2.24, 2.45) is 0 Å². The molecule has 0 bridgehead atoms. The monoisotopic (exact) mass is 303 g/mol. The number of aryl methyl sites for hydroxylation is 1. The van der Waals surface area contributed by atoms with E-state index in [1.165, 1.54) is 12.3 Å². The zero-order valence-corrected chi connectivity index (χ0v) is 13.4. The fourth-order valence-electron chi connectivity index (χ4n) is 2.33. The number of halogens is 1. The maximum atomic E-state index is 14.5. The van der Waals surface area contributed by atoms with Crippen LogP contribution in [0.4, 0.5) is 4.39 Å². The molecule has 116 valence electrons. The molecule has 7 heteroatoms. The first-order valence-electron chi connectivity index (χ1n) is 7.23. The lowest BCUT2D eigenvalue weighted by molar-refractivity contribution is 0.00578. The molecule has 1 aliphatic heterocycles. The van der Waals surface area contributed by atoms with E-state index in [1.54, 1.807) is 17.0 Å². The van der Waals surface area contributed by atoms with Gasteiger partial charge >= 0.3 is 7.12 Å². The second-order valence-electron chi connectivity index (χ2n) is 6.50. The van der Waals surface area contributed by atoms with Gasteiger partial charge in [-0.25, -0.2) is 14.4 Å². The van der Waals surface area contributed by atoms with Crippen LogP contribution in [0.25, 0.3) is 5.82 Å². The number of rotatable bonds is 2. The molecule has 3 heterocycles. The minimum Gasteiger partial charge on any atom is -0.399 e. The average Bonchev–Trinajstić information content (AvgIpc) is 2.91. The van der Waals surface area contributed by atoms with Gasteiger partial charge in [-0.05, 0) is 34.6 Å². The SMILES string of the molecule is Cc1nccn1-c1cc(F)c(B2OC(C)(C)C(C)(C)O2)cn1. The number of hydrogen-bond acceptors (Lipinski definition) is 4. The van der Waals surface area contributed by atoms with Gasteiger partial charge in [0.25, 0.3) is 0 Å². The molecule has 5 nitrogen and oxygen atoms in total. The third-order valence-electron chi connectivity index (χ3n) is 4.45. The van der Waals surface area contributed by atoms with Crippen molar-refractivity contribution in [2.45, 2.75) is 45.8 Å². The molecule has 1 fully saturated rings. The van der Waals surface area contributed by atoms with Gasteiger partial charge in [-0.2, -0.15) is 0 Å². The van der Waals surface area contributed by atoms with Crippen LogP contribution < -0.4 is 5.46 Å². The highest BCUT2D eigenvalue weighted by Gasteiger charge is 2.52. The summed E-state index contributed by atoms with van der Waals surface area (Å²) in [6, 6.07) is 1.37. The standard InChI is InChI=1S/C15H19BFN3O2/c1-10-18-6-7-20(10)13-8-12(17)11(9-19-13)16-21-14(2,3)15(4,5)22-16/h6-9H,1-5H3. The maximum absolute atomic E-state index is 14.5. The molecule has 0 radical (unpaired) electrons. The van der Waals surface area contributed by atoms with Crippen LogP contribution in [-0.2, 0) is 9.31 Å². The van der Waals surface area contributed by atoms with Gasteiger partial charge in [0, 0.05) is 30.1 Å². The fourth-order valence-corrected chi connectivity index (χ4v) is 2.33. The molecule has 0 spiro atoms. The summed E-state index contributed by atoms with van der Waals surface area (Å²) >= 11 is 0. The van der Waals surface area contributed by atoms with E-state index >= 15 is 0 Å². The van der Waals surface area contributed by atoms with Crippen LogP contribution in [0.3, 0.4) is 0 Å². The summed E-state index contributed by atoms with van der Waals surface area (Å²) in [6.07, 6.45) is 4.86. The summed E-state index contributed by atoms with van der Waals surface area (Å²) in [5, 5.41) is 0. The Morgan fingerprint density at radius 3 is 2.27 bits per heavy atom. The second-order valence-corrected chi connectivity index (χ2v) is 6.50. The molecule has 0 amide bonds. The van der Waals surface area contributed by atoms with Crippen molar-refractivity contribution in [3.8, 4) is 5.82 Å². The Kier molecular flexibility index (Phi) is 3.38. The molecule has 22 heavy (non-hydrogen) atoms. The van der Waals surface area contributed by atoms with Gasteiger partial charge in [-0.1, -0.05) is 0 Å². The lowest BCUT2D eigenvalue weighted by Gasteiger charge is -2.32. The molecule has 2 aromatic heterocycles. The first kappa shape index (κ1) is 15.2. The van der Waals surface area contributed by atoms with Crippen molar-refractivity contribution >= 4 is 12.6 Å². The first-order valence-corrected chi connectivity index (χ1v) is 7.23. The summed E-state index contributed by atoms with van der Waals surface area (Å²) < 4.78 is 27.9. The third kappa shape index (κ3) is 2.34. The van der Waals surface area contributed by atoms with Crippen molar-refractivity contribution in [2.75, 3.05) is 0 Å². The van der Waals surface area contributed by atoms with Crippen LogP contribution in [0, 0.1) is 12.7 Å². The predicted octanol–water partition coefficient (Wildman–Crippen LogP) is 2.01. The van der Waals surface area contributed by atoms with Gasteiger partial charge < -0.3 is 9.31 Å². The van der Waals surface area contributed by atoms with E-state index in [0.717, 1.165) is 5.82 Å². The van der Waals surface area contributed by atoms with Crippen molar-refractivity contribution in [1.29, 1.82) is 0 Å². The van der Waals surface area contributed by atoms with Crippen molar-refractivity contribution < 1.29 is 13.7 Å². The maximum Gasteiger partial charge on any atom is 0.499 e. The molecule has 0 saturated carbocycles. The first-order chi connectivity index (χ1) is 10.2. The highest BCUT2D eigenvalue weighted by molar-refractivity contribution is 6.62. The van der Waals surface area contributed by atoms with Gasteiger partial charge in [0.2, 0.25) is 0 Å². The Morgan fingerprint density at radius 2 is 1.77 bits per heavy atom. The van der Waals surface area contributed by atoms with Gasteiger partial charge in [0.05, 0.1) is 11.2 Å². The Balaban J connectivity index is 1.93. The van der Waals surface area contributed by atoms with E-state index in [1.807, 2.05) is 34.6 Å². The van der Waals surface area contributed by atoms with Crippen LogP contribution in [0.5, 0.6) is 0 Å². The molecular weight excluding hydrogens is 284 g/mol. The zero-order valence-electron chi connectivity index (χ0n) is 13.4. The van der Waals surface area contributed by atoms with Crippen molar-refractivity contribution in [1.82, 2.24) is 14.5 Å². The summed E-state index contributed by atoms with van der Waals surface area (Å²) in [5.41, 5.74) is -0.715. The highest BCUT2D eigenvalue weighted by atomic mass is 19.1. The average molecular weight is 303 g/mol. The number of hydrogen-bond donors (Lipinski definition) is 0. The minimum absolute atomic E-state index is 0.306. The number of imidazole rings is 1. The van der Waals surface area contributed by atoms with Gasteiger partial charge in [-0.15, -0.1) is 0 Å². The molecule has 0 N–H and O–H groups in total. The molecule has 0 aromatic carbocycles. The van der Waals surface area contributed by atoms with Crippen molar-refractivity contribution in [3.63, 3.8) is 0 Å². The topological polar surface area (TPSA) is 49.2 Å². The summed E-state index contributed by atoms with van der Waals surface area (Å²) in [7, 11) is -0.754. The molecule has 1 saturated heterocycles. The normalized spacial score (nSPS) is 19.6. The zero-order chi connectivity index (χ0) is 16.1. The van der Waals surface area contributed by atoms with E-state index in [2.05, 4.69) is 9.97 Å². The molecule has 1 aliphatic rings. The van der Waals surface area contributed by atoms with Crippen LogP contribution in [0.15, 0.2) is 24.7 Å². The van der Waals surface area contributed by atoms with Crippen LogP contribution >= 0.6 is 0 Å². The van der Waals surface area contributed by atoms with E-state index in [0.29, 0.717) is 11.3 Å². The molecule has 2 aromatic rings. The summed E-state index contributed by atoms with van der Waals surface area (Å²) in [6.45, 7) is 9.56. The Morgan fingerprint density at radius 1 is 1.14 bits per heavy atom. The third-order valence-corrected chi connectivity index (χ3v) is 4.45. The molecular formula is C15H19BFN3O2. The quantitative estimate of drug-likeness (QED) is 0.796.